The lowest BCUT2D eigenvalue weighted by Gasteiger charge is -2.38. The van der Waals surface area contributed by atoms with Gasteiger partial charge in [0.1, 0.15) is 0 Å². The first-order chi connectivity index (χ1) is 10.0. The molecule has 21 heavy (non-hydrogen) atoms. The van der Waals surface area contributed by atoms with Gasteiger partial charge >= 0.3 is 0 Å². The Bertz CT molecular complexity index is 453. The van der Waals surface area contributed by atoms with Gasteiger partial charge in [0.25, 0.3) is 0 Å². The quantitative estimate of drug-likeness (QED) is 0.907. The maximum atomic E-state index is 6.08. The van der Waals surface area contributed by atoms with Gasteiger partial charge in [-0.05, 0) is 76.1 Å². The highest BCUT2D eigenvalue weighted by Gasteiger charge is 2.26. The van der Waals surface area contributed by atoms with Gasteiger partial charge in [-0.25, -0.2) is 0 Å². The Morgan fingerprint density at radius 2 is 2.00 bits per heavy atom. The van der Waals surface area contributed by atoms with Crippen molar-refractivity contribution in [3.8, 4) is 0 Å². The fourth-order valence-corrected chi connectivity index (χ4v) is 3.68. The van der Waals surface area contributed by atoms with Crippen LogP contribution in [0.4, 0.5) is 0 Å². The number of nitrogens with two attached hydrogens (primary N) is 1. The number of likely N-dealkylation sites (tertiary alicyclic amines) is 1. The molecule has 1 unspecified atom stereocenters. The number of hydrogen-bond acceptors (Lipinski definition) is 3. The summed E-state index contributed by atoms with van der Waals surface area (Å²) < 4.78 is 0. The first-order valence-electron chi connectivity index (χ1n) is 7.86. The van der Waals surface area contributed by atoms with Crippen molar-refractivity contribution >= 4 is 11.6 Å². The van der Waals surface area contributed by atoms with Crippen LogP contribution in [0.3, 0.4) is 0 Å². The molecule has 1 aromatic rings. The number of hydrogen-bond donors (Lipinski definition) is 1. The predicted octanol–water partition coefficient (Wildman–Crippen LogP) is 2.92. The van der Waals surface area contributed by atoms with Gasteiger partial charge in [-0.1, -0.05) is 17.7 Å². The van der Waals surface area contributed by atoms with Crippen LogP contribution in [0.15, 0.2) is 18.2 Å². The third-order valence-corrected chi connectivity index (χ3v) is 4.76. The van der Waals surface area contributed by atoms with E-state index in [4.69, 9.17) is 17.3 Å². The normalized spacial score (nSPS) is 19.1. The number of rotatable bonds is 5. The van der Waals surface area contributed by atoms with Crippen molar-refractivity contribution < 1.29 is 0 Å². The molecule has 0 bridgehead atoms. The Morgan fingerprint density at radius 1 is 1.33 bits per heavy atom. The Hall–Kier alpha value is -0.610. The van der Waals surface area contributed by atoms with Crippen molar-refractivity contribution in [2.45, 2.75) is 25.8 Å². The van der Waals surface area contributed by atoms with Gasteiger partial charge in [-0.15, -0.1) is 0 Å². The molecular weight excluding hydrogens is 282 g/mol. The van der Waals surface area contributed by atoms with E-state index in [-0.39, 0.29) is 0 Å². The molecule has 0 spiro atoms. The van der Waals surface area contributed by atoms with Crippen molar-refractivity contribution in [2.24, 2.45) is 11.7 Å². The average Bonchev–Trinajstić information content (AvgIpc) is 2.43. The lowest BCUT2D eigenvalue weighted by molar-refractivity contribution is 0.122. The van der Waals surface area contributed by atoms with E-state index in [2.05, 4.69) is 36.9 Å². The second-order valence-electron chi connectivity index (χ2n) is 6.49. The summed E-state index contributed by atoms with van der Waals surface area (Å²) in [6.45, 7) is 6.27. The molecular formula is C17H28ClN3. The van der Waals surface area contributed by atoms with Crippen LogP contribution in [0.1, 0.15) is 30.0 Å². The lowest BCUT2D eigenvalue weighted by Crippen LogP contribution is -2.41. The van der Waals surface area contributed by atoms with Crippen LogP contribution in [0.2, 0.25) is 5.02 Å². The SMILES string of the molecule is Cc1cc(Cl)ccc1C(CN)N1CCC(CN(C)C)CC1. The van der Waals surface area contributed by atoms with Crippen LogP contribution in [0.5, 0.6) is 0 Å². The zero-order valence-electron chi connectivity index (χ0n) is 13.5. The lowest BCUT2D eigenvalue weighted by atomic mass is 9.92. The summed E-state index contributed by atoms with van der Waals surface area (Å²) in [5.41, 5.74) is 8.65. The molecule has 3 nitrogen and oxygen atoms in total. The molecule has 1 aliphatic rings. The summed E-state index contributed by atoms with van der Waals surface area (Å²) >= 11 is 6.07. The van der Waals surface area contributed by atoms with Gasteiger partial charge in [0.2, 0.25) is 0 Å². The second kappa shape index (κ2) is 7.59. The molecule has 1 saturated heterocycles. The molecule has 1 heterocycles. The molecule has 2 rings (SSSR count). The Kier molecular flexibility index (Phi) is 6.06. The zero-order chi connectivity index (χ0) is 15.4. The molecule has 0 aliphatic carbocycles. The Morgan fingerprint density at radius 3 is 2.52 bits per heavy atom. The highest BCUT2D eigenvalue weighted by molar-refractivity contribution is 6.30. The van der Waals surface area contributed by atoms with E-state index in [1.54, 1.807) is 0 Å². The second-order valence-corrected chi connectivity index (χ2v) is 6.93. The minimum atomic E-state index is 0.322. The van der Waals surface area contributed by atoms with E-state index >= 15 is 0 Å². The van der Waals surface area contributed by atoms with Gasteiger partial charge in [-0.2, -0.15) is 0 Å². The van der Waals surface area contributed by atoms with Gasteiger partial charge in [0.05, 0.1) is 0 Å². The maximum absolute atomic E-state index is 6.08. The standard InChI is InChI=1S/C17H28ClN3/c1-13-10-15(18)4-5-16(13)17(11-19)21-8-6-14(7-9-21)12-20(2)3/h4-5,10,14,17H,6-9,11-12,19H2,1-3H3. The monoisotopic (exact) mass is 309 g/mol. The van der Waals surface area contributed by atoms with E-state index < -0.39 is 0 Å². The largest absolute Gasteiger partial charge is 0.329 e. The highest BCUT2D eigenvalue weighted by atomic mass is 35.5. The molecule has 1 atom stereocenters. The summed E-state index contributed by atoms with van der Waals surface area (Å²) in [7, 11) is 4.32. The summed E-state index contributed by atoms with van der Waals surface area (Å²) in [5.74, 6) is 0.820. The molecule has 1 aliphatic heterocycles. The zero-order valence-corrected chi connectivity index (χ0v) is 14.2. The third-order valence-electron chi connectivity index (χ3n) is 4.53. The highest BCUT2D eigenvalue weighted by Crippen LogP contribution is 2.29. The van der Waals surface area contributed by atoms with Crippen LogP contribution in [-0.2, 0) is 0 Å². The molecule has 0 saturated carbocycles. The predicted molar refractivity (Wildman–Crippen MR) is 90.8 cm³/mol. The van der Waals surface area contributed by atoms with Crippen molar-refractivity contribution in [2.75, 3.05) is 40.3 Å². The molecule has 0 amide bonds. The summed E-state index contributed by atoms with van der Waals surface area (Å²) in [6, 6.07) is 6.48. The summed E-state index contributed by atoms with van der Waals surface area (Å²) in [5, 5.41) is 0.803. The van der Waals surface area contributed by atoms with E-state index in [1.807, 2.05) is 12.1 Å². The first kappa shape index (κ1) is 16.8. The molecule has 0 aromatic heterocycles. The van der Waals surface area contributed by atoms with Gasteiger partial charge < -0.3 is 10.6 Å². The van der Waals surface area contributed by atoms with Gasteiger partial charge in [0, 0.05) is 24.2 Å². The van der Waals surface area contributed by atoms with Crippen LogP contribution < -0.4 is 5.73 Å². The van der Waals surface area contributed by atoms with E-state index in [1.165, 1.54) is 30.5 Å². The van der Waals surface area contributed by atoms with Gasteiger partial charge in [-0.3, -0.25) is 4.90 Å². The molecule has 118 valence electrons. The first-order valence-corrected chi connectivity index (χ1v) is 8.24. The fourth-order valence-electron chi connectivity index (χ4n) is 3.45. The van der Waals surface area contributed by atoms with Crippen LogP contribution in [0.25, 0.3) is 0 Å². The Labute approximate surface area is 134 Å². The van der Waals surface area contributed by atoms with E-state index in [0.29, 0.717) is 12.6 Å². The smallest absolute Gasteiger partial charge is 0.0473 e. The number of piperidine rings is 1. The maximum Gasteiger partial charge on any atom is 0.0473 e. The van der Waals surface area contributed by atoms with E-state index in [0.717, 1.165) is 24.0 Å². The number of aryl methyl sites for hydroxylation is 1. The van der Waals surface area contributed by atoms with E-state index in [9.17, 15) is 0 Å². The number of halogens is 1. The Balaban J connectivity index is 2.02. The van der Waals surface area contributed by atoms with Crippen LogP contribution in [0, 0.1) is 12.8 Å². The molecule has 0 radical (unpaired) electrons. The molecule has 2 N–H and O–H groups in total. The average molecular weight is 310 g/mol. The fraction of sp³-hybridized carbons (Fsp3) is 0.647. The van der Waals surface area contributed by atoms with Crippen molar-refractivity contribution in [1.82, 2.24) is 9.80 Å². The minimum Gasteiger partial charge on any atom is -0.329 e. The topological polar surface area (TPSA) is 32.5 Å². The number of benzene rings is 1. The van der Waals surface area contributed by atoms with Crippen LogP contribution in [-0.4, -0.2) is 50.1 Å². The third kappa shape index (κ3) is 4.43. The van der Waals surface area contributed by atoms with Crippen molar-refractivity contribution in [3.05, 3.63) is 34.3 Å². The van der Waals surface area contributed by atoms with Crippen LogP contribution >= 0.6 is 11.6 Å². The minimum absolute atomic E-state index is 0.322. The summed E-state index contributed by atoms with van der Waals surface area (Å²) in [4.78, 5) is 4.84. The van der Waals surface area contributed by atoms with Crippen molar-refractivity contribution in [3.63, 3.8) is 0 Å². The van der Waals surface area contributed by atoms with Gasteiger partial charge in [0.15, 0.2) is 0 Å². The molecule has 1 aromatic carbocycles. The molecule has 1 fully saturated rings. The van der Waals surface area contributed by atoms with Crippen molar-refractivity contribution in [1.29, 1.82) is 0 Å². The number of nitrogens with zero attached hydrogens (tertiary/aromatic N) is 2. The molecule has 4 heteroatoms. The summed E-state index contributed by atoms with van der Waals surface area (Å²) in [6.07, 6.45) is 2.53.